The van der Waals surface area contributed by atoms with Crippen molar-refractivity contribution < 1.29 is 26.7 Å². The quantitative estimate of drug-likeness (QED) is 0.701. The fourth-order valence-corrected chi connectivity index (χ4v) is 2.35. The Morgan fingerprint density at radius 1 is 1.17 bits per heavy atom. The van der Waals surface area contributed by atoms with Gasteiger partial charge >= 0.3 is 0 Å². The molecule has 0 spiro atoms. The lowest BCUT2D eigenvalue weighted by molar-refractivity contribution is -0.697. The Balaban J connectivity index is 0.00000162. The van der Waals surface area contributed by atoms with E-state index in [0.29, 0.717) is 6.54 Å². The first-order valence-electron chi connectivity index (χ1n) is 5.88. The molecule has 18 heavy (non-hydrogen) atoms. The highest BCUT2D eigenvalue weighted by Crippen LogP contribution is 2.20. The van der Waals surface area contributed by atoms with E-state index < -0.39 is 0 Å². The van der Waals surface area contributed by atoms with Crippen LogP contribution in [0, 0.1) is 20.8 Å². The van der Waals surface area contributed by atoms with E-state index in [4.69, 9.17) is 5.11 Å². The van der Waals surface area contributed by atoms with Crippen LogP contribution in [0.4, 0.5) is 0 Å². The summed E-state index contributed by atoms with van der Waals surface area (Å²) in [5.41, 5.74) is 5.06. The summed E-state index contributed by atoms with van der Waals surface area (Å²) in [7, 11) is 0. The number of aliphatic hydroxyl groups excluding tert-OH is 1. The second kappa shape index (κ2) is 6.16. The molecule has 1 N–H and O–H groups in total. The molecule has 1 aromatic heterocycles. The number of aromatic nitrogens is 2. The van der Waals surface area contributed by atoms with Crippen LogP contribution in [0.5, 0.6) is 0 Å². The predicted molar refractivity (Wildman–Crippen MR) is 67.3 cm³/mol. The average molecular weight is 311 g/mol. The van der Waals surface area contributed by atoms with E-state index in [9.17, 15) is 0 Å². The minimum atomic E-state index is 0. The number of aryl methyl sites for hydroxylation is 3. The molecule has 0 aliphatic rings. The van der Waals surface area contributed by atoms with Crippen molar-refractivity contribution in [3.8, 4) is 5.69 Å². The van der Waals surface area contributed by atoms with Gasteiger partial charge in [0, 0.05) is 0 Å². The van der Waals surface area contributed by atoms with Gasteiger partial charge in [0.1, 0.15) is 24.6 Å². The van der Waals surface area contributed by atoms with E-state index in [1.54, 1.807) is 0 Å². The van der Waals surface area contributed by atoms with Gasteiger partial charge in [-0.05, 0) is 31.9 Å². The van der Waals surface area contributed by atoms with Crippen molar-refractivity contribution in [1.82, 2.24) is 4.57 Å². The van der Waals surface area contributed by atoms with Gasteiger partial charge in [-0.3, -0.25) is 0 Å². The Morgan fingerprint density at radius 2 is 1.78 bits per heavy atom. The van der Waals surface area contributed by atoms with Crippen LogP contribution in [0.3, 0.4) is 0 Å². The number of rotatable bonds is 3. The second-order valence-corrected chi connectivity index (χ2v) is 4.53. The first-order chi connectivity index (χ1) is 8.11. The van der Waals surface area contributed by atoms with E-state index in [0.717, 1.165) is 0 Å². The fourth-order valence-electron chi connectivity index (χ4n) is 2.35. The summed E-state index contributed by atoms with van der Waals surface area (Å²) in [6.07, 6.45) is 6.02. The van der Waals surface area contributed by atoms with Crippen LogP contribution in [-0.4, -0.2) is 16.3 Å². The molecular formula is C14H19BrN2O. The standard InChI is InChI=1S/C14H19N2O.BrH/c1-11-8-12(2)14(13(3)9-11)16-5-4-15(10-16)6-7-17;/h4-5,8-10,17H,6-7H2,1-3H3;1H/q+1;/p-1. The van der Waals surface area contributed by atoms with Crippen molar-refractivity contribution in [1.29, 1.82) is 0 Å². The minimum Gasteiger partial charge on any atom is -1.00 e. The molecular weight excluding hydrogens is 292 g/mol. The Hall–Kier alpha value is -1.13. The van der Waals surface area contributed by atoms with E-state index in [1.165, 1.54) is 22.4 Å². The maximum absolute atomic E-state index is 8.91. The van der Waals surface area contributed by atoms with Gasteiger partial charge in [0.05, 0.1) is 6.61 Å². The lowest BCUT2D eigenvalue weighted by Crippen LogP contribution is -3.00. The number of benzene rings is 1. The molecule has 98 valence electrons. The van der Waals surface area contributed by atoms with Gasteiger partial charge < -0.3 is 22.1 Å². The van der Waals surface area contributed by atoms with Crippen molar-refractivity contribution in [2.24, 2.45) is 0 Å². The maximum atomic E-state index is 8.91. The third-order valence-electron chi connectivity index (χ3n) is 2.94. The van der Waals surface area contributed by atoms with Crippen molar-refractivity contribution >= 4 is 0 Å². The highest BCUT2D eigenvalue weighted by Gasteiger charge is 2.12. The van der Waals surface area contributed by atoms with Gasteiger partial charge in [0.2, 0.25) is 6.33 Å². The van der Waals surface area contributed by atoms with Gasteiger partial charge in [0.15, 0.2) is 0 Å². The van der Waals surface area contributed by atoms with Crippen LogP contribution in [-0.2, 0) is 6.54 Å². The number of imidazole rings is 1. The van der Waals surface area contributed by atoms with Crippen LogP contribution in [0.25, 0.3) is 5.69 Å². The number of hydrogen-bond donors (Lipinski definition) is 1. The van der Waals surface area contributed by atoms with Gasteiger partial charge in [-0.25, -0.2) is 9.13 Å². The number of hydrogen-bond acceptors (Lipinski definition) is 1. The topological polar surface area (TPSA) is 29.0 Å². The molecule has 0 amide bonds. The van der Waals surface area contributed by atoms with Crippen LogP contribution in [0.15, 0.2) is 30.9 Å². The van der Waals surface area contributed by atoms with Gasteiger partial charge in [-0.1, -0.05) is 17.7 Å². The molecule has 0 unspecified atom stereocenters. The number of nitrogens with zero attached hydrogens (tertiary/aromatic N) is 2. The molecule has 0 radical (unpaired) electrons. The average Bonchev–Trinajstić information content (AvgIpc) is 2.65. The summed E-state index contributed by atoms with van der Waals surface area (Å²) in [5, 5.41) is 8.91. The molecule has 2 aromatic rings. The first-order valence-corrected chi connectivity index (χ1v) is 5.88. The third kappa shape index (κ3) is 3.00. The van der Waals surface area contributed by atoms with Crippen LogP contribution >= 0.6 is 0 Å². The van der Waals surface area contributed by atoms with Crippen LogP contribution in [0.1, 0.15) is 16.7 Å². The number of aliphatic hydroxyl groups is 1. The van der Waals surface area contributed by atoms with Gasteiger partial charge in [0.25, 0.3) is 0 Å². The third-order valence-corrected chi connectivity index (χ3v) is 2.94. The zero-order valence-electron chi connectivity index (χ0n) is 11.0. The molecule has 0 aliphatic carbocycles. The zero-order valence-corrected chi connectivity index (χ0v) is 12.6. The minimum absolute atomic E-state index is 0. The van der Waals surface area contributed by atoms with Gasteiger partial charge in [-0.15, -0.1) is 0 Å². The number of halogens is 1. The van der Waals surface area contributed by atoms with Crippen LogP contribution < -0.4 is 21.5 Å². The van der Waals surface area contributed by atoms with E-state index in [2.05, 4.69) is 37.5 Å². The van der Waals surface area contributed by atoms with Crippen molar-refractivity contribution in [2.45, 2.75) is 27.3 Å². The summed E-state index contributed by atoms with van der Waals surface area (Å²) in [4.78, 5) is 0. The second-order valence-electron chi connectivity index (χ2n) is 4.53. The van der Waals surface area contributed by atoms with E-state index in [1.807, 2.05) is 23.3 Å². The summed E-state index contributed by atoms with van der Waals surface area (Å²) in [5.74, 6) is 0. The Labute approximate surface area is 118 Å². The largest absolute Gasteiger partial charge is 1.00 e. The summed E-state index contributed by atoms with van der Waals surface area (Å²) in [6.45, 7) is 7.18. The van der Waals surface area contributed by atoms with E-state index in [-0.39, 0.29) is 23.6 Å². The van der Waals surface area contributed by atoms with Gasteiger partial charge in [-0.2, -0.15) is 0 Å². The Bertz CT molecular complexity index is 511. The van der Waals surface area contributed by atoms with Crippen molar-refractivity contribution in [3.05, 3.63) is 47.5 Å². The highest BCUT2D eigenvalue weighted by molar-refractivity contribution is 5.48. The first kappa shape index (κ1) is 14.9. The summed E-state index contributed by atoms with van der Waals surface area (Å²) in [6, 6.07) is 4.39. The Morgan fingerprint density at radius 3 is 2.33 bits per heavy atom. The molecule has 0 saturated heterocycles. The molecule has 4 heteroatoms. The van der Waals surface area contributed by atoms with Crippen LogP contribution in [0.2, 0.25) is 0 Å². The molecule has 1 aromatic carbocycles. The Kier molecular flexibility index (Phi) is 5.11. The van der Waals surface area contributed by atoms with Crippen molar-refractivity contribution in [2.75, 3.05) is 6.61 Å². The summed E-state index contributed by atoms with van der Waals surface area (Å²) >= 11 is 0. The molecule has 0 saturated carbocycles. The lowest BCUT2D eigenvalue weighted by Gasteiger charge is -2.06. The maximum Gasteiger partial charge on any atom is 0.249 e. The molecule has 1 heterocycles. The zero-order chi connectivity index (χ0) is 12.4. The molecule has 0 atom stereocenters. The molecule has 0 fully saturated rings. The van der Waals surface area contributed by atoms with Crippen molar-refractivity contribution in [3.63, 3.8) is 0 Å². The smallest absolute Gasteiger partial charge is 0.249 e. The molecule has 3 nitrogen and oxygen atoms in total. The summed E-state index contributed by atoms with van der Waals surface area (Å²) < 4.78 is 4.10. The molecule has 2 rings (SSSR count). The van der Waals surface area contributed by atoms with E-state index >= 15 is 0 Å². The monoisotopic (exact) mass is 310 g/mol. The molecule has 0 aliphatic heterocycles. The SMILES string of the molecule is Cc1cc(C)c(-n2cc[n+](CCO)c2)c(C)c1.[Br-]. The predicted octanol–water partition coefficient (Wildman–Crippen LogP) is -1.31. The lowest BCUT2D eigenvalue weighted by atomic mass is 10.1. The normalized spacial score (nSPS) is 10.2. The highest BCUT2D eigenvalue weighted by atomic mass is 79.9. The molecule has 0 bridgehead atoms. The fraction of sp³-hybridized carbons (Fsp3) is 0.357.